The Labute approximate surface area is 91.3 Å². The molecule has 3 heteroatoms. The Balaban J connectivity index is 1.89. The van der Waals surface area contributed by atoms with Crippen LogP contribution in [-0.2, 0) is 4.79 Å². The average molecular weight is 208 g/mol. The molecule has 84 valence electrons. The highest BCUT2D eigenvalue weighted by molar-refractivity contribution is 5.81. The zero-order valence-corrected chi connectivity index (χ0v) is 9.36. The zero-order valence-electron chi connectivity index (χ0n) is 9.36. The second kappa shape index (κ2) is 4.35. The van der Waals surface area contributed by atoms with Crippen LogP contribution in [0.1, 0.15) is 26.2 Å². The summed E-state index contributed by atoms with van der Waals surface area (Å²) >= 11 is 0. The van der Waals surface area contributed by atoms with Crippen LogP contribution >= 0.6 is 0 Å². The number of carbonyl (C=O) groups is 1. The predicted octanol–water partition coefficient (Wildman–Crippen LogP) is 1.15. The molecule has 1 aliphatic heterocycles. The van der Waals surface area contributed by atoms with E-state index in [4.69, 9.17) is 5.73 Å². The van der Waals surface area contributed by atoms with E-state index in [1.54, 1.807) is 0 Å². The van der Waals surface area contributed by atoms with Crippen LogP contribution in [0.2, 0.25) is 0 Å². The van der Waals surface area contributed by atoms with Gasteiger partial charge < -0.3 is 10.6 Å². The Bertz CT molecular complexity index is 275. The van der Waals surface area contributed by atoms with E-state index in [2.05, 4.69) is 6.92 Å². The summed E-state index contributed by atoms with van der Waals surface area (Å²) in [5.41, 5.74) is 5.76. The van der Waals surface area contributed by atoms with Crippen LogP contribution in [0.5, 0.6) is 0 Å². The van der Waals surface area contributed by atoms with Crippen LogP contribution in [0.25, 0.3) is 0 Å². The number of amides is 1. The third-order valence-electron chi connectivity index (χ3n) is 3.61. The summed E-state index contributed by atoms with van der Waals surface area (Å²) in [5.74, 6) is 1.05. The van der Waals surface area contributed by atoms with Crippen molar-refractivity contribution in [2.24, 2.45) is 17.6 Å². The van der Waals surface area contributed by atoms with E-state index in [1.807, 2.05) is 17.1 Å². The van der Waals surface area contributed by atoms with Gasteiger partial charge in [0.2, 0.25) is 5.91 Å². The molecule has 3 nitrogen and oxygen atoms in total. The summed E-state index contributed by atoms with van der Waals surface area (Å²) in [7, 11) is 0. The number of likely N-dealkylation sites (tertiary alicyclic amines) is 1. The summed E-state index contributed by atoms with van der Waals surface area (Å²) in [6, 6.07) is 0.0866. The lowest BCUT2D eigenvalue weighted by atomic mass is 10.1. The van der Waals surface area contributed by atoms with Gasteiger partial charge in [0, 0.05) is 19.1 Å². The molecule has 1 amide bonds. The molecule has 1 fully saturated rings. The fraction of sp³-hybridized carbons (Fsp3) is 0.750. The Morgan fingerprint density at radius 1 is 1.53 bits per heavy atom. The largest absolute Gasteiger partial charge is 0.342 e. The van der Waals surface area contributed by atoms with Crippen molar-refractivity contribution in [1.82, 2.24) is 4.90 Å². The third-order valence-corrected chi connectivity index (χ3v) is 3.61. The van der Waals surface area contributed by atoms with E-state index >= 15 is 0 Å². The van der Waals surface area contributed by atoms with E-state index in [-0.39, 0.29) is 17.9 Å². The molecule has 2 aliphatic rings. The van der Waals surface area contributed by atoms with Gasteiger partial charge in [-0.25, -0.2) is 0 Å². The number of nitrogens with zero attached hydrogens (tertiary/aromatic N) is 1. The molecule has 1 aliphatic carbocycles. The quantitative estimate of drug-likeness (QED) is 0.692. The molecule has 0 aromatic rings. The number of hydrogen-bond donors (Lipinski definition) is 1. The second-order valence-corrected chi connectivity index (χ2v) is 4.74. The first-order valence-electron chi connectivity index (χ1n) is 5.93. The topological polar surface area (TPSA) is 46.3 Å². The molecule has 1 heterocycles. The van der Waals surface area contributed by atoms with Gasteiger partial charge >= 0.3 is 0 Å². The lowest BCUT2D eigenvalue weighted by Crippen LogP contribution is -2.34. The SMILES string of the molecule is CCC1CCN(C(=O)C2C=CC(N)C2)C1. The van der Waals surface area contributed by atoms with Gasteiger partial charge in [-0.3, -0.25) is 4.79 Å². The average Bonchev–Trinajstić information content (AvgIpc) is 2.84. The molecule has 0 radical (unpaired) electrons. The van der Waals surface area contributed by atoms with Crippen LogP contribution in [0.4, 0.5) is 0 Å². The minimum atomic E-state index is 0.0515. The summed E-state index contributed by atoms with van der Waals surface area (Å²) in [5, 5.41) is 0. The number of nitrogens with two attached hydrogens (primary N) is 1. The van der Waals surface area contributed by atoms with Crippen molar-refractivity contribution in [3.8, 4) is 0 Å². The molecule has 1 saturated heterocycles. The molecule has 2 rings (SSSR count). The van der Waals surface area contributed by atoms with E-state index in [0.717, 1.165) is 19.5 Å². The van der Waals surface area contributed by atoms with Crippen LogP contribution < -0.4 is 5.73 Å². The summed E-state index contributed by atoms with van der Waals surface area (Å²) < 4.78 is 0. The van der Waals surface area contributed by atoms with Crippen molar-refractivity contribution in [1.29, 1.82) is 0 Å². The minimum absolute atomic E-state index is 0.0515. The Hall–Kier alpha value is -0.830. The Morgan fingerprint density at radius 2 is 2.33 bits per heavy atom. The molecule has 0 saturated carbocycles. The fourth-order valence-electron chi connectivity index (χ4n) is 2.51. The van der Waals surface area contributed by atoms with E-state index < -0.39 is 0 Å². The maximum Gasteiger partial charge on any atom is 0.229 e. The molecule has 0 aromatic heterocycles. The maximum absolute atomic E-state index is 12.1. The number of hydrogen-bond acceptors (Lipinski definition) is 2. The predicted molar refractivity (Wildman–Crippen MR) is 60.2 cm³/mol. The molecule has 3 unspecified atom stereocenters. The molecule has 0 aromatic carbocycles. The smallest absolute Gasteiger partial charge is 0.229 e. The van der Waals surface area contributed by atoms with Crippen molar-refractivity contribution in [3.63, 3.8) is 0 Å². The van der Waals surface area contributed by atoms with E-state index in [9.17, 15) is 4.79 Å². The highest BCUT2D eigenvalue weighted by atomic mass is 16.2. The molecule has 3 atom stereocenters. The van der Waals surface area contributed by atoms with Crippen LogP contribution in [0.3, 0.4) is 0 Å². The van der Waals surface area contributed by atoms with Gasteiger partial charge in [-0.15, -0.1) is 0 Å². The number of carbonyl (C=O) groups excluding carboxylic acids is 1. The van der Waals surface area contributed by atoms with Crippen molar-refractivity contribution < 1.29 is 4.79 Å². The highest BCUT2D eigenvalue weighted by Crippen LogP contribution is 2.24. The summed E-state index contributed by atoms with van der Waals surface area (Å²) in [6.07, 6.45) is 7.09. The van der Waals surface area contributed by atoms with Crippen LogP contribution in [0, 0.1) is 11.8 Å². The van der Waals surface area contributed by atoms with Crippen molar-refractivity contribution in [2.45, 2.75) is 32.2 Å². The molecular weight excluding hydrogens is 188 g/mol. The summed E-state index contributed by atoms with van der Waals surface area (Å²) in [6.45, 7) is 4.09. The monoisotopic (exact) mass is 208 g/mol. The van der Waals surface area contributed by atoms with E-state index in [1.165, 1.54) is 12.8 Å². The first-order valence-corrected chi connectivity index (χ1v) is 5.93. The van der Waals surface area contributed by atoms with Gasteiger partial charge in [-0.05, 0) is 18.8 Å². The molecular formula is C12H20N2O. The van der Waals surface area contributed by atoms with Gasteiger partial charge in [-0.2, -0.15) is 0 Å². The van der Waals surface area contributed by atoms with Gasteiger partial charge in [-0.1, -0.05) is 25.5 Å². The van der Waals surface area contributed by atoms with Crippen molar-refractivity contribution in [3.05, 3.63) is 12.2 Å². The fourth-order valence-corrected chi connectivity index (χ4v) is 2.51. The van der Waals surface area contributed by atoms with Crippen molar-refractivity contribution in [2.75, 3.05) is 13.1 Å². The minimum Gasteiger partial charge on any atom is -0.342 e. The second-order valence-electron chi connectivity index (χ2n) is 4.74. The highest BCUT2D eigenvalue weighted by Gasteiger charge is 2.31. The standard InChI is InChI=1S/C12H20N2O/c1-2-9-5-6-14(8-9)12(15)10-3-4-11(13)7-10/h3-4,9-11H,2,5-8,13H2,1H3. The normalized spacial score (nSPS) is 35.1. The molecule has 0 spiro atoms. The van der Waals surface area contributed by atoms with E-state index in [0.29, 0.717) is 5.92 Å². The van der Waals surface area contributed by atoms with Gasteiger partial charge in [0.1, 0.15) is 0 Å². The van der Waals surface area contributed by atoms with Crippen LogP contribution in [-0.4, -0.2) is 29.9 Å². The Morgan fingerprint density at radius 3 is 2.87 bits per heavy atom. The van der Waals surface area contributed by atoms with Gasteiger partial charge in [0.05, 0.1) is 5.92 Å². The lowest BCUT2D eigenvalue weighted by Gasteiger charge is -2.20. The summed E-state index contributed by atoms with van der Waals surface area (Å²) in [4.78, 5) is 14.1. The lowest BCUT2D eigenvalue weighted by molar-refractivity contribution is -0.133. The maximum atomic E-state index is 12.1. The van der Waals surface area contributed by atoms with Gasteiger partial charge in [0.25, 0.3) is 0 Å². The molecule has 2 N–H and O–H groups in total. The Kier molecular flexibility index (Phi) is 3.10. The first-order chi connectivity index (χ1) is 7.20. The van der Waals surface area contributed by atoms with Crippen molar-refractivity contribution >= 4 is 5.91 Å². The zero-order chi connectivity index (χ0) is 10.8. The molecule has 0 bridgehead atoms. The van der Waals surface area contributed by atoms with Crippen LogP contribution in [0.15, 0.2) is 12.2 Å². The first kappa shape index (κ1) is 10.7. The van der Waals surface area contributed by atoms with Gasteiger partial charge in [0.15, 0.2) is 0 Å². The number of rotatable bonds is 2. The molecule has 15 heavy (non-hydrogen) atoms. The third kappa shape index (κ3) is 2.23.